The summed E-state index contributed by atoms with van der Waals surface area (Å²) in [7, 11) is 3.13. The Morgan fingerprint density at radius 1 is 1.16 bits per heavy atom. The number of aryl methyl sites for hydroxylation is 1. The number of methoxy groups -OCH3 is 1. The maximum atomic E-state index is 13.5. The molecule has 2 N–H and O–H groups in total. The van der Waals surface area contributed by atoms with Crippen LogP contribution < -0.4 is 20.4 Å². The second-order valence-electron chi connectivity index (χ2n) is 9.68. The Hall–Kier alpha value is -3.73. The molecule has 0 unspecified atom stereocenters. The van der Waals surface area contributed by atoms with Gasteiger partial charge in [-0.3, -0.25) is 14.6 Å². The summed E-state index contributed by atoms with van der Waals surface area (Å²) in [6, 6.07) is 3.42. The van der Waals surface area contributed by atoms with Gasteiger partial charge >= 0.3 is 0 Å². The number of benzene rings is 1. The summed E-state index contributed by atoms with van der Waals surface area (Å²) in [6.45, 7) is 11.8. The Bertz CT molecular complexity index is 1400. The summed E-state index contributed by atoms with van der Waals surface area (Å²) in [5, 5.41) is 21.1. The quantitative estimate of drug-likeness (QED) is 0.408. The third kappa shape index (κ3) is 5.88. The highest BCUT2D eigenvalue weighted by molar-refractivity contribution is 5.97. The molecule has 208 valence electrons. The number of aliphatic hydroxyl groups is 1. The minimum absolute atomic E-state index is 0. The molecule has 0 saturated carbocycles. The van der Waals surface area contributed by atoms with Gasteiger partial charge in [-0.2, -0.15) is 9.61 Å². The average molecular weight is 529 g/mol. The van der Waals surface area contributed by atoms with Crippen LogP contribution in [0.15, 0.2) is 17.1 Å². The number of carbonyl (C=O) groups is 2. The van der Waals surface area contributed by atoms with Gasteiger partial charge in [0, 0.05) is 30.3 Å². The predicted molar refractivity (Wildman–Crippen MR) is 145 cm³/mol. The van der Waals surface area contributed by atoms with E-state index in [1.54, 1.807) is 26.3 Å². The topological polar surface area (TPSA) is 132 Å². The first kappa shape index (κ1) is 30.5. The number of Topliss-reactive ketones (excluding diaryl/α,β-unsaturated/α-hetero) is 1. The van der Waals surface area contributed by atoms with Crippen molar-refractivity contribution in [3.63, 3.8) is 0 Å². The second kappa shape index (κ2) is 12.2. The zero-order chi connectivity index (χ0) is 27.5. The number of amides is 1. The van der Waals surface area contributed by atoms with Crippen molar-refractivity contribution in [2.24, 2.45) is 4.99 Å². The fourth-order valence-electron chi connectivity index (χ4n) is 4.05. The van der Waals surface area contributed by atoms with Gasteiger partial charge in [0.1, 0.15) is 13.2 Å². The van der Waals surface area contributed by atoms with Gasteiger partial charge in [0.15, 0.2) is 28.6 Å². The zero-order valence-electron chi connectivity index (χ0n) is 22.8. The lowest BCUT2D eigenvalue weighted by molar-refractivity contribution is 0.0944. The summed E-state index contributed by atoms with van der Waals surface area (Å²) in [6.07, 6.45) is 0. The normalized spacial score (nSPS) is 11.9. The Kier molecular flexibility index (Phi) is 9.80. The van der Waals surface area contributed by atoms with E-state index in [2.05, 4.69) is 20.5 Å². The first-order chi connectivity index (χ1) is 17.5. The van der Waals surface area contributed by atoms with Crippen molar-refractivity contribution in [2.45, 2.75) is 60.9 Å². The molecule has 2 heterocycles. The average Bonchev–Trinajstić information content (AvgIpc) is 3.20. The Balaban J connectivity index is 0.00000507. The number of ether oxygens (including phenoxy) is 2. The van der Waals surface area contributed by atoms with E-state index in [0.29, 0.717) is 40.4 Å². The molecule has 0 aliphatic rings. The standard InChI is InChI=1S/C26H36N6O5.CH4/c1-9-28-24(35)21-15(2)16(3)23-30-31(25(27-7)32(23)29-21)14-19(34)17-12-18(26(4,5)6)22(36-8)20(13-17)37-11-10-33;/h12-13,33H,9-11,14H2,1-8H3,(H,28,35);1H4. The van der Waals surface area contributed by atoms with Gasteiger partial charge in [0.05, 0.1) is 13.7 Å². The number of hydrogen-bond acceptors (Lipinski definition) is 8. The number of nitrogens with zero attached hydrogens (tertiary/aromatic N) is 5. The highest BCUT2D eigenvalue weighted by atomic mass is 16.5. The zero-order valence-corrected chi connectivity index (χ0v) is 22.8. The predicted octanol–water partition coefficient (Wildman–Crippen LogP) is 2.62. The molecule has 0 aliphatic heterocycles. The van der Waals surface area contributed by atoms with E-state index in [1.165, 1.54) is 9.20 Å². The fraction of sp³-hybridized carbons (Fsp3) is 0.519. The third-order valence-corrected chi connectivity index (χ3v) is 6.07. The van der Waals surface area contributed by atoms with E-state index in [-0.39, 0.29) is 50.0 Å². The maximum Gasteiger partial charge on any atom is 0.272 e. The summed E-state index contributed by atoms with van der Waals surface area (Å²) in [4.78, 5) is 30.4. The number of rotatable bonds is 9. The Morgan fingerprint density at radius 2 is 1.84 bits per heavy atom. The van der Waals surface area contributed by atoms with Crippen LogP contribution in [-0.2, 0) is 12.0 Å². The largest absolute Gasteiger partial charge is 0.493 e. The fourth-order valence-corrected chi connectivity index (χ4v) is 4.05. The van der Waals surface area contributed by atoms with E-state index in [9.17, 15) is 14.7 Å². The minimum atomic E-state index is -0.340. The lowest BCUT2D eigenvalue weighted by Crippen LogP contribution is -2.30. The monoisotopic (exact) mass is 528 g/mol. The molecule has 0 radical (unpaired) electrons. The van der Waals surface area contributed by atoms with Gasteiger partial charge in [0.2, 0.25) is 5.62 Å². The molecule has 0 fully saturated rings. The first-order valence-corrected chi connectivity index (χ1v) is 12.2. The minimum Gasteiger partial charge on any atom is -0.493 e. The lowest BCUT2D eigenvalue weighted by atomic mass is 9.84. The molecule has 1 amide bonds. The molecule has 0 spiro atoms. The van der Waals surface area contributed by atoms with Crippen LogP contribution in [0.3, 0.4) is 0 Å². The van der Waals surface area contributed by atoms with Gasteiger partial charge in [0.25, 0.3) is 5.91 Å². The molecule has 0 atom stereocenters. The summed E-state index contributed by atoms with van der Waals surface area (Å²) < 4.78 is 14.3. The molecule has 0 saturated heterocycles. The summed E-state index contributed by atoms with van der Waals surface area (Å²) >= 11 is 0. The van der Waals surface area contributed by atoms with Crippen molar-refractivity contribution in [1.29, 1.82) is 0 Å². The molecule has 38 heavy (non-hydrogen) atoms. The van der Waals surface area contributed by atoms with Crippen LogP contribution >= 0.6 is 0 Å². The van der Waals surface area contributed by atoms with Crippen molar-refractivity contribution < 1.29 is 24.2 Å². The van der Waals surface area contributed by atoms with E-state index in [1.807, 2.05) is 41.5 Å². The summed E-state index contributed by atoms with van der Waals surface area (Å²) in [5.74, 6) is 0.396. The molecule has 0 bridgehead atoms. The van der Waals surface area contributed by atoms with Gasteiger partial charge in [-0.1, -0.05) is 28.2 Å². The van der Waals surface area contributed by atoms with Crippen LogP contribution in [-0.4, -0.2) is 70.1 Å². The molecular formula is C27H40N6O5. The van der Waals surface area contributed by atoms with Crippen LogP contribution in [0.1, 0.15) is 72.7 Å². The van der Waals surface area contributed by atoms with Crippen LogP contribution in [0.4, 0.5) is 0 Å². The van der Waals surface area contributed by atoms with E-state index in [4.69, 9.17) is 9.47 Å². The van der Waals surface area contributed by atoms with Gasteiger partial charge in [-0.05, 0) is 43.9 Å². The smallest absolute Gasteiger partial charge is 0.272 e. The van der Waals surface area contributed by atoms with Crippen LogP contribution in [0, 0.1) is 13.8 Å². The van der Waals surface area contributed by atoms with Crippen LogP contribution in [0.25, 0.3) is 5.65 Å². The van der Waals surface area contributed by atoms with Crippen molar-refractivity contribution in [3.8, 4) is 11.5 Å². The van der Waals surface area contributed by atoms with Gasteiger partial charge in [-0.15, -0.1) is 5.10 Å². The molecule has 3 rings (SSSR count). The number of nitrogens with one attached hydrogen (secondary N) is 1. The molecular weight excluding hydrogens is 488 g/mol. The van der Waals surface area contributed by atoms with Crippen molar-refractivity contribution in [2.75, 3.05) is 33.9 Å². The van der Waals surface area contributed by atoms with Crippen LogP contribution in [0.5, 0.6) is 11.5 Å². The van der Waals surface area contributed by atoms with E-state index < -0.39 is 0 Å². The van der Waals surface area contributed by atoms with Crippen molar-refractivity contribution >= 4 is 17.3 Å². The van der Waals surface area contributed by atoms with Crippen LogP contribution in [0.2, 0.25) is 0 Å². The molecule has 11 heteroatoms. The SMILES string of the molecule is C.CCNC(=O)c1nn2c(=NC)n(CC(=O)c3cc(OCCO)c(OC)c(C(C)(C)C)c3)nc2c(C)c1C. The van der Waals surface area contributed by atoms with E-state index >= 15 is 0 Å². The lowest BCUT2D eigenvalue weighted by Gasteiger charge is -2.25. The molecule has 1 aromatic carbocycles. The Morgan fingerprint density at radius 3 is 2.39 bits per heavy atom. The van der Waals surface area contributed by atoms with E-state index in [0.717, 1.165) is 11.1 Å². The number of ketones is 1. The Labute approximate surface area is 223 Å². The number of carbonyl (C=O) groups excluding carboxylic acids is 2. The third-order valence-electron chi connectivity index (χ3n) is 6.07. The number of fused-ring (bicyclic) bond motifs is 1. The van der Waals surface area contributed by atoms with Crippen molar-refractivity contribution in [1.82, 2.24) is 24.7 Å². The second-order valence-corrected chi connectivity index (χ2v) is 9.68. The molecule has 11 nitrogen and oxygen atoms in total. The molecule has 0 aliphatic carbocycles. The number of aliphatic hydroxyl groups excluding tert-OH is 1. The number of hydrogen-bond donors (Lipinski definition) is 2. The first-order valence-electron chi connectivity index (χ1n) is 12.2. The van der Waals surface area contributed by atoms with Crippen molar-refractivity contribution in [3.05, 3.63) is 45.7 Å². The highest BCUT2D eigenvalue weighted by Crippen LogP contribution is 2.40. The van der Waals surface area contributed by atoms with Gasteiger partial charge in [-0.25, -0.2) is 4.68 Å². The summed E-state index contributed by atoms with van der Waals surface area (Å²) in [5.41, 5.74) is 3.47. The highest BCUT2D eigenvalue weighted by Gasteiger charge is 2.26. The molecule has 3 aromatic rings. The maximum absolute atomic E-state index is 13.5. The van der Waals surface area contributed by atoms with Gasteiger partial charge < -0.3 is 19.9 Å². The molecule has 2 aromatic heterocycles. The number of aromatic nitrogens is 4.